The number of morpholine rings is 1. The first-order valence-electron chi connectivity index (χ1n) is 7.17. The summed E-state index contributed by atoms with van der Waals surface area (Å²) in [6.07, 6.45) is -4.43. The Morgan fingerprint density at radius 3 is 2.77 bits per heavy atom. The van der Waals surface area contributed by atoms with Gasteiger partial charge in [0.25, 0.3) is 0 Å². The Bertz CT molecular complexity index is 597. The van der Waals surface area contributed by atoms with Gasteiger partial charge in [-0.3, -0.25) is 4.90 Å². The highest BCUT2D eigenvalue weighted by Crippen LogP contribution is 2.38. The van der Waals surface area contributed by atoms with Crippen LogP contribution in [0.4, 0.5) is 18.9 Å². The second-order valence-corrected chi connectivity index (χ2v) is 5.55. The molecule has 0 saturated carbocycles. The second kappa shape index (κ2) is 5.78. The van der Waals surface area contributed by atoms with Crippen LogP contribution in [0.15, 0.2) is 18.2 Å². The summed E-state index contributed by atoms with van der Waals surface area (Å²) in [5.74, 6) is 0. The number of hydrogen-bond acceptors (Lipinski definition) is 4. The highest BCUT2D eigenvalue weighted by atomic mass is 19.4. The molecule has 7 heteroatoms. The molecule has 22 heavy (non-hydrogen) atoms. The maximum Gasteiger partial charge on any atom is 0.418 e. The molecule has 0 amide bonds. The number of ether oxygens (including phenoxy) is 1. The highest BCUT2D eigenvalue weighted by Gasteiger charge is 2.37. The van der Waals surface area contributed by atoms with Crippen LogP contribution in [0.2, 0.25) is 0 Å². The number of hydrogen-bond donors (Lipinski definition) is 0. The molecule has 3 rings (SSSR count). The molecule has 0 aliphatic carbocycles. The summed E-state index contributed by atoms with van der Waals surface area (Å²) in [5, 5.41) is 8.96. The van der Waals surface area contributed by atoms with E-state index in [1.54, 1.807) is 4.90 Å². The van der Waals surface area contributed by atoms with Crippen LogP contribution in [0, 0.1) is 11.3 Å². The van der Waals surface area contributed by atoms with Crippen molar-refractivity contribution in [3.8, 4) is 6.07 Å². The van der Waals surface area contributed by atoms with E-state index in [2.05, 4.69) is 4.90 Å². The number of nitriles is 1. The maximum absolute atomic E-state index is 13.2. The fourth-order valence-corrected chi connectivity index (χ4v) is 3.07. The number of nitrogens with zero attached hydrogens (tertiary/aromatic N) is 3. The van der Waals surface area contributed by atoms with E-state index in [0.29, 0.717) is 32.8 Å². The van der Waals surface area contributed by atoms with E-state index >= 15 is 0 Å². The number of piperazine rings is 1. The van der Waals surface area contributed by atoms with Crippen LogP contribution in [0.3, 0.4) is 0 Å². The standard InChI is InChI=1S/C15H16F3N3O/c16-15(17,18)13-2-1-11(8-19)7-14(13)21-4-3-20-5-6-22-10-12(20)9-21/h1-2,7,12H,3-6,9-10H2. The smallest absolute Gasteiger partial charge is 0.378 e. The largest absolute Gasteiger partial charge is 0.418 e. The molecule has 0 spiro atoms. The van der Waals surface area contributed by atoms with Gasteiger partial charge in [-0.05, 0) is 18.2 Å². The number of benzene rings is 1. The molecular formula is C15H16F3N3O. The first-order chi connectivity index (χ1) is 10.5. The lowest BCUT2D eigenvalue weighted by Crippen LogP contribution is -2.58. The first-order valence-corrected chi connectivity index (χ1v) is 7.17. The predicted molar refractivity (Wildman–Crippen MR) is 74.6 cm³/mol. The molecule has 0 aromatic heterocycles. The maximum atomic E-state index is 13.2. The summed E-state index contributed by atoms with van der Waals surface area (Å²) < 4.78 is 45.1. The summed E-state index contributed by atoms with van der Waals surface area (Å²) in [6, 6.07) is 5.57. The van der Waals surface area contributed by atoms with Crippen LogP contribution in [0.5, 0.6) is 0 Å². The van der Waals surface area contributed by atoms with E-state index in [-0.39, 0.29) is 17.3 Å². The Labute approximate surface area is 126 Å². The van der Waals surface area contributed by atoms with Crippen molar-refractivity contribution in [1.29, 1.82) is 5.26 Å². The average molecular weight is 311 g/mol. The molecule has 0 radical (unpaired) electrons. The molecule has 1 unspecified atom stereocenters. The number of fused-ring (bicyclic) bond motifs is 1. The summed E-state index contributed by atoms with van der Waals surface area (Å²) in [7, 11) is 0. The zero-order valence-electron chi connectivity index (χ0n) is 11.9. The number of anilines is 1. The van der Waals surface area contributed by atoms with Gasteiger partial charge in [-0.2, -0.15) is 18.4 Å². The highest BCUT2D eigenvalue weighted by molar-refractivity contribution is 5.59. The molecule has 2 aliphatic rings. The van der Waals surface area contributed by atoms with E-state index in [1.165, 1.54) is 12.1 Å². The van der Waals surface area contributed by atoms with Crippen LogP contribution in [-0.4, -0.2) is 50.3 Å². The van der Waals surface area contributed by atoms with Crippen LogP contribution in [-0.2, 0) is 10.9 Å². The zero-order valence-corrected chi connectivity index (χ0v) is 11.9. The van der Waals surface area contributed by atoms with Gasteiger partial charge in [0.05, 0.1) is 42.1 Å². The van der Waals surface area contributed by atoms with Gasteiger partial charge in [-0.25, -0.2) is 0 Å². The van der Waals surface area contributed by atoms with Gasteiger partial charge < -0.3 is 9.64 Å². The third-order valence-corrected chi connectivity index (χ3v) is 4.21. The summed E-state index contributed by atoms with van der Waals surface area (Å²) in [5.41, 5.74) is -0.348. The lowest BCUT2D eigenvalue weighted by molar-refractivity contribution is -0.137. The fraction of sp³-hybridized carbons (Fsp3) is 0.533. The molecule has 2 heterocycles. The minimum Gasteiger partial charge on any atom is -0.378 e. The van der Waals surface area contributed by atoms with Gasteiger partial charge in [-0.15, -0.1) is 0 Å². The normalized spacial score (nSPS) is 23.0. The Balaban J connectivity index is 1.91. The third kappa shape index (κ3) is 2.89. The summed E-state index contributed by atoms with van der Waals surface area (Å²) in [4.78, 5) is 3.97. The Morgan fingerprint density at radius 2 is 2.05 bits per heavy atom. The zero-order chi connectivity index (χ0) is 15.7. The molecule has 1 aromatic carbocycles. The first kappa shape index (κ1) is 15.1. The van der Waals surface area contributed by atoms with E-state index < -0.39 is 11.7 Å². The quantitative estimate of drug-likeness (QED) is 0.796. The summed E-state index contributed by atoms with van der Waals surface area (Å²) in [6.45, 7) is 3.75. The SMILES string of the molecule is N#Cc1ccc(C(F)(F)F)c(N2CCN3CCOCC3C2)c1. The van der Waals surface area contributed by atoms with Crippen molar-refractivity contribution >= 4 is 5.69 Å². The van der Waals surface area contributed by atoms with Crippen molar-refractivity contribution in [3.63, 3.8) is 0 Å². The number of rotatable bonds is 1. The van der Waals surface area contributed by atoms with Gasteiger partial charge in [0.15, 0.2) is 0 Å². The third-order valence-electron chi connectivity index (χ3n) is 4.21. The van der Waals surface area contributed by atoms with E-state index in [0.717, 1.165) is 12.6 Å². The van der Waals surface area contributed by atoms with Gasteiger partial charge >= 0.3 is 6.18 Å². The monoisotopic (exact) mass is 311 g/mol. The fourth-order valence-electron chi connectivity index (χ4n) is 3.07. The van der Waals surface area contributed by atoms with E-state index in [9.17, 15) is 13.2 Å². The van der Waals surface area contributed by atoms with Gasteiger partial charge in [0, 0.05) is 26.2 Å². The second-order valence-electron chi connectivity index (χ2n) is 5.55. The molecule has 1 atom stereocenters. The summed E-state index contributed by atoms with van der Waals surface area (Å²) >= 11 is 0. The van der Waals surface area contributed by atoms with Gasteiger partial charge in [0.1, 0.15) is 0 Å². The predicted octanol–water partition coefficient (Wildman–Crippen LogP) is 2.10. The molecule has 118 valence electrons. The minimum absolute atomic E-state index is 0.0942. The molecule has 2 aliphatic heterocycles. The molecule has 0 N–H and O–H groups in total. The minimum atomic E-state index is -4.43. The van der Waals surface area contributed by atoms with Crippen molar-refractivity contribution in [1.82, 2.24) is 4.90 Å². The van der Waals surface area contributed by atoms with Crippen molar-refractivity contribution in [2.45, 2.75) is 12.2 Å². The molecular weight excluding hydrogens is 295 g/mol. The molecule has 4 nitrogen and oxygen atoms in total. The molecule has 2 fully saturated rings. The molecule has 2 saturated heterocycles. The number of alkyl halides is 3. The molecule has 1 aromatic rings. The lowest BCUT2D eigenvalue weighted by Gasteiger charge is -2.45. The molecule has 0 bridgehead atoms. The van der Waals surface area contributed by atoms with Crippen LogP contribution >= 0.6 is 0 Å². The van der Waals surface area contributed by atoms with Gasteiger partial charge in [-0.1, -0.05) is 0 Å². The van der Waals surface area contributed by atoms with Crippen LogP contribution < -0.4 is 4.90 Å². The van der Waals surface area contributed by atoms with E-state index in [1.807, 2.05) is 6.07 Å². The van der Waals surface area contributed by atoms with Crippen molar-refractivity contribution in [2.24, 2.45) is 0 Å². The van der Waals surface area contributed by atoms with Crippen molar-refractivity contribution < 1.29 is 17.9 Å². The van der Waals surface area contributed by atoms with Crippen LogP contribution in [0.1, 0.15) is 11.1 Å². The Morgan fingerprint density at radius 1 is 1.23 bits per heavy atom. The van der Waals surface area contributed by atoms with Crippen molar-refractivity contribution in [2.75, 3.05) is 44.3 Å². The lowest BCUT2D eigenvalue weighted by atomic mass is 10.0. The van der Waals surface area contributed by atoms with Crippen molar-refractivity contribution in [3.05, 3.63) is 29.3 Å². The Kier molecular flexibility index (Phi) is 3.98. The van der Waals surface area contributed by atoms with Crippen LogP contribution in [0.25, 0.3) is 0 Å². The topological polar surface area (TPSA) is 39.5 Å². The average Bonchev–Trinajstić information content (AvgIpc) is 2.53. The Hall–Kier alpha value is -1.78. The number of halogens is 3. The van der Waals surface area contributed by atoms with E-state index in [4.69, 9.17) is 10.00 Å². The van der Waals surface area contributed by atoms with Gasteiger partial charge in [0.2, 0.25) is 0 Å².